The van der Waals surface area contributed by atoms with E-state index in [9.17, 15) is 15.0 Å². The van der Waals surface area contributed by atoms with Gasteiger partial charge in [0.15, 0.2) is 40.3 Å². The van der Waals surface area contributed by atoms with Crippen molar-refractivity contribution < 1.29 is 38.7 Å². The summed E-state index contributed by atoms with van der Waals surface area (Å²) in [6, 6.07) is 11.4. The molecule has 0 unspecified atom stereocenters. The summed E-state index contributed by atoms with van der Waals surface area (Å²) in [7, 11) is 7.53. The van der Waals surface area contributed by atoms with Gasteiger partial charge in [-0.1, -0.05) is 12.2 Å². The smallest absolute Gasteiger partial charge is 0.203 e. The summed E-state index contributed by atoms with van der Waals surface area (Å²) < 4.78 is 26.5. The molecule has 0 aliphatic carbocycles. The summed E-state index contributed by atoms with van der Waals surface area (Å²) in [5.41, 5.74) is 2.49. The zero-order valence-corrected chi connectivity index (χ0v) is 21.5. The first-order chi connectivity index (χ1) is 17.8. The minimum absolute atomic E-state index is 0.0256. The minimum Gasteiger partial charge on any atom is -0.504 e. The number of phenols is 2. The van der Waals surface area contributed by atoms with Crippen molar-refractivity contribution in [2.75, 3.05) is 47.4 Å². The van der Waals surface area contributed by atoms with Gasteiger partial charge in [-0.25, -0.2) is 0 Å². The van der Waals surface area contributed by atoms with Crippen molar-refractivity contribution in [1.82, 2.24) is 0 Å². The SMILES string of the molecule is COc1ccc(C(=O)CCNc2cc(OC)c(O)cc2/C=C\c2cc(OC)c(OC)c(OC)c2)cc1O. The van der Waals surface area contributed by atoms with Crippen molar-refractivity contribution in [3.05, 3.63) is 59.2 Å². The third-order valence-electron chi connectivity index (χ3n) is 5.66. The Bertz CT molecular complexity index is 1260. The van der Waals surface area contributed by atoms with Crippen LogP contribution >= 0.6 is 0 Å². The zero-order valence-electron chi connectivity index (χ0n) is 21.5. The second kappa shape index (κ2) is 12.4. The summed E-state index contributed by atoms with van der Waals surface area (Å²) in [4.78, 5) is 12.6. The zero-order chi connectivity index (χ0) is 26.9. The number of hydrogen-bond acceptors (Lipinski definition) is 9. The maximum Gasteiger partial charge on any atom is 0.203 e. The highest BCUT2D eigenvalue weighted by Crippen LogP contribution is 2.39. The summed E-state index contributed by atoms with van der Waals surface area (Å²) in [5, 5.41) is 23.5. The van der Waals surface area contributed by atoms with Crippen LogP contribution in [0.3, 0.4) is 0 Å². The van der Waals surface area contributed by atoms with Gasteiger partial charge in [0, 0.05) is 35.8 Å². The van der Waals surface area contributed by atoms with Gasteiger partial charge in [0.05, 0.1) is 35.5 Å². The first kappa shape index (κ1) is 27.1. The first-order valence-corrected chi connectivity index (χ1v) is 11.4. The Morgan fingerprint density at radius 2 is 1.38 bits per heavy atom. The molecule has 9 nitrogen and oxygen atoms in total. The molecule has 0 saturated carbocycles. The topological polar surface area (TPSA) is 116 Å². The van der Waals surface area contributed by atoms with E-state index in [2.05, 4.69) is 5.32 Å². The second-order valence-electron chi connectivity index (χ2n) is 7.89. The number of anilines is 1. The molecule has 0 amide bonds. The first-order valence-electron chi connectivity index (χ1n) is 11.4. The number of phenolic OH excluding ortho intramolecular Hbond substituents is 2. The molecule has 0 aliphatic heterocycles. The number of Topliss-reactive ketones (excluding diaryl/α,β-unsaturated/α-hetero) is 1. The molecular formula is C28H31NO8. The average Bonchev–Trinajstić information content (AvgIpc) is 2.91. The van der Waals surface area contributed by atoms with Crippen molar-refractivity contribution in [3.63, 3.8) is 0 Å². The van der Waals surface area contributed by atoms with Crippen LogP contribution in [0.25, 0.3) is 12.2 Å². The Balaban J connectivity index is 1.82. The van der Waals surface area contributed by atoms with Crippen molar-refractivity contribution >= 4 is 23.6 Å². The van der Waals surface area contributed by atoms with Crippen LogP contribution in [0.2, 0.25) is 0 Å². The molecule has 37 heavy (non-hydrogen) atoms. The minimum atomic E-state index is -0.147. The molecule has 0 aliphatic rings. The molecule has 0 radical (unpaired) electrons. The van der Waals surface area contributed by atoms with Crippen molar-refractivity contribution in [1.29, 1.82) is 0 Å². The largest absolute Gasteiger partial charge is 0.504 e. The lowest BCUT2D eigenvalue weighted by atomic mass is 10.1. The van der Waals surface area contributed by atoms with E-state index >= 15 is 0 Å². The van der Waals surface area contributed by atoms with Gasteiger partial charge in [-0.2, -0.15) is 0 Å². The molecule has 3 rings (SSSR count). The summed E-state index contributed by atoms with van der Waals surface area (Å²) in [5.74, 6) is 1.84. The monoisotopic (exact) mass is 509 g/mol. The van der Waals surface area contributed by atoms with Gasteiger partial charge in [-0.3, -0.25) is 4.79 Å². The van der Waals surface area contributed by atoms with Crippen molar-refractivity contribution in [3.8, 4) is 40.2 Å². The third-order valence-corrected chi connectivity index (χ3v) is 5.66. The van der Waals surface area contributed by atoms with Gasteiger partial charge in [-0.05, 0) is 42.0 Å². The summed E-state index contributed by atoms with van der Waals surface area (Å²) in [6.07, 6.45) is 3.82. The van der Waals surface area contributed by atoms with Crippen LogP contribution in [0.15, 0.2) is 42.5 Å². The van der Waals surface area contributed by atoms with Crippen molar-refractivity contribution in [2.45, 2.75) is 6.42 Å². The Morgan fingerprint density at radius 1 is 0.757 bits per heavy atom. The molecule has 3 aromatic carbocycles. The van der Waals surface area contributed by atoms with Crippen LogP contribution in [0.1, 0.15) is 27.9 Å². The predicted molar refractivity (Wildman–Crippen MR) is 142 cm³/mol. The van der Waals surface area contributed by atoms with E-state index in [0.29, 0.717) is 52.1 Å². The average molecular weight is 510 g/mol. The standard InChI is InChI=1S/C28H31NO8/c1-33-24-9-8-19(15-22(24)31)21(30)10-11-29-20-16-25(34-2)23(32)14-18(20)7-6-17-12-26(35-3)28(37-5)27(13-17)36-4/h6-9,12-16,29,31-32H,10-11H2,1-5H3/b7-6-. The lowest BCUT2D eigenvalue weighted by Crippen LogP contribution is -2.10. The molecule has 9 heteroatoms. The molecule has 0 atom stereocenters. The molecule has 3 N–H and O–H groups in total. The number of nitrogens with one attached hydrogen (secondary N) is 1. The normalized spacial score (nSPS) is 10.7. The fourth-order valence-corrected chi connectivity index (χ4v) is 3.74. The van der Waals surface area contributed by atoms with Crippen LogP contribution in [0.5, 0.6) is 40.2 Å². The molecule has 0 bridgehead atoms. The van der Waals surface area contributed by atoms with E-state index in [0.717, 1.165) is 5.56 Å². The highest BCUT2D eigenvalue weighted by molar-refractivity contribution is 5.97. The Kier molecular flexibility index (Phi) is 9.10. The maximum atomic E-state index is 12.6. The van der Waals surface area contributed by atoms with E-state index in [1.165, 1.54) is 27.4 Å². The summed E-state index contributed by atoms with van der Waals surface area (Å²) in [6.45, 7) is 0.310. The van der Waals surface area contributed by atoms with Crippen molar-refractivity contribution in [2.24, 2.45) is 0 Å². The fourth-order valence-electron chi connectivity index (χ4n) is 3.74. The number of carbonyl (C=O) groups is 1. The van der Waals surface area contributed by atoms with E-state index in [4.69, 9.17) is 23.7 Å². The molecule has 0 spiro atoms. The van der Waals surface area contributed by atoms with Gasteiger partial charge in [0.2, 0.25) is 5.75 Å². The molecule has 0 heterocycles. The molecule has 0 aromatic heterocycles. The number of benzene rings is 3. The fraction of sp³-hybridized carbons (Fsp3) is 0.250. The van der Waals surface area contributed by atoms with Gasteiger partial charge < -0.3 is 39.2 Å². The maximum absolute atomic E-state index is 12.6. The highest BCUT2D eigenvalue weighted by Gasteiger charge is 2.14. The number of ketones is 1. The lowest BCUT2D eigenvalue weighted by Gasteiger charge is -2.14. The van der Waals surface area contributed by atoms with Gasteiger partial charge in [0.1, 0.15) is 0 Å². The molecular weight excluding hydrogens is 478 g/mol. The van der Waals surface area contributed by atoms with Crippen LogP contribution in [0.4, 0.5) is 5.69 Å². The van der Waals surface area contributed by atoms with Crippen LogP contribution < -0.4 is 29.0 Å². The number of rotatable bonds is 12. The Hall–Kier alpha value is -4.53. The van der Waals surface area contributed by atoms with E-state index < -0.39 is 0 Å². The number of hydrogen-bond donors (Lipinski definition) is 3. The van der Waals surface area contributed by atoms with Gasteiger partial charge in [0.25, 0.3) is 0 Å². The van der Waals surface area contributed by atoms with Gasteiger partial charge >= 0.3 is 0 Å². The quantitative estimate of drug-likeness (QED) is 0.176. The predicted octanol–water partition coefficient (Wildman–Crippen LogP) is 5.00. The molecule has 0 saturated heterocycles. The van der Waals surface area contributed by atoms with E-state index in [-0.39, 0.29) is 23.7 Å². The second-order valence-corrected chi connectivity index (χ2v) is 7.89. The third kappa shape index (κ3) is 6.38. The summed E-state index contributed by atoms with van der Waals surface area (Å²) >= 11 is 0. The molecule has 0 fully saturated rings. The number of aromatic hydroxyl groups is 2. The Labute approximate surface area is 215 Å². The van der Waals surface area contributed by atoms with E-state index in [1.807, 2.05) is 12.2 Å². The Morgan fingerprint density at radius 3 is 1.95 bits per heavy atom. The van der Waals surface area contributed by atoms with Gasteiger partial charge in [-0.15, -0.1) is 0 Å². The van der Waals surface area contributed by atoms with Crippen LogP contribution in [-0.2, 0) is 0 Å². The van der Waals surface area contributed by atoms with E-state index in [1.54, 1.807) is 50.6 Å². The lowest BCUT2D eigenvalue weighted by molar-refractivity contribution is 0.0986. The van der Waals surface area contributed by atoms with Crippen LogP contribution in [-0.4, -0.2) is 58.1 Å². The molecule has 196 valence electrons. The number of carbonyl (C=O) groups excluding carboxylic acids is 1. The molecule has 3 aromatic rings. The number of methoxy groups -OCH3 is 5. The highest BCUT2D eigenvalue weighted by atomic mass is 16.5. The van der Waals surface area contributed by atoms with Crippen LogP contribution in [0, 0.1) is 0 Å². The number of ether oxygens (including phenoxy) is 5.